The Morgan fingerprint density at radius 3 is 2.70 bits per heavy atom. The molecule has 2 rings (SSSR count). The van der Waals surface area contributed by atoms with Crippen LogP contribution < -0.4 is 16.2 Å². The van der Waals surface area contributed by atoms with Crippen LogP contribution >= 0.6 is 11.6 Å². The summed E-state index contributed by atoms with van der Waals surface area (Å²) in [6.45, 7) is 3.98. The van der Waals surface area contributed by atoms with E-state index < -0.39 is 5.91 Å². The third kappa shape index (κ3) is 2.85. The van der Waals surface area contributed by atoms with E-state index in [4.69, 9.17) is 27.8 Å². The maximum Gasteiger partial charge on any atom is 0.252 e. The number of benzene rings is 1. The number of ether oxygens (including phenoxy) is 1. The Bertz CT molecular complexity index is 652. The van der Waals surface area contributed by atoms with E-state index in [1.807, 2.05) is 13.8 Å². The number of rotatable bonds is 4. The molecule has 0 aliphatic rings. The minimum absolute atomic E-state index is 0.132. The van der Waals surface area contributed by atoms with Gasteiger partial charge in [0.25, 0.3) is 5.91 Å². The van der Waals surface area contributed by atoms with Gasteiger partial charge in [0.2, 0.25) is 0 Å². The molecule has 0 spiro atoms. The monoisotopic (exact) mass is 294 g/mol. The first-order valence-corrected chi connectivity index (χ1v) is 6.37. The lowest BCUT2D eigenvalue weighted by Crippen LogP contribution is -2.13. The Morgan fingerprint density at radius 2 is 2.15 bits per heavy atom. The van der Waals surface area contributed by atoms with Gasteiger partial charge in [0.05, 0.1) is 23.0 Å². The van der Waals surface area contributed by atoms with Gasteiger partial charge in [-0.1, -0.05) is 11.6 Å². The summed E-state index contributed by atoms with van der Waals surface area (Å²) in [5.74, 6) is -0.0185. The number of amides is 1. The van der Waals surface area contributed by atoms with Gasteiger partial charge < -0.3 is 16.2 Å². The van der Waals surface area contributed by atoms with Gasteiger partial charge in [0, 0.05) is 11.7 Å². The van der Waals surface area contributed by atoms with Crippen LogP contribution in [0, 0.1) is 0 Å². The summed E-state index contributed by atoms with van der Waals surface area (Å²) in [6.07, 6.45) is 3.25. The number of carbonyl (C=O) groups is 1. The second kappa shape index (κ2) is 5.42. The number of nitrogens with two attached hydrogens (primary N) is 2. The normalized spacial score (nSPS) is 10.8. The molecule has 0 fully saturated rings. The molecule has 0 aliphatic heterocycles. The number of anilines is 1. The zero-order valence-corrected chi connectivity index (χ0v) is 11.9. The SMILES string of the molecule is CC(C)n1cc(Oc2c(Cl)cc(N)cc2C(N)=O)cn1. The van der Waals surface area contributed by atoms with Crippen LogP contribution in [0.4, 0.5) is 5.69 Å². The van der Waals surface area contributed by atoms with Crippen molar-refractivity contribution in [2.45, 2.75) is 19.9 Å². The zero-order valence-electron chi connectivity index (χ0n) is 11.1. The fourth-order valence-corrected chi connectivity index (χ4v) is 1.94. The Kier molecular flexibility index (Phi) is 3.85. The van der Waals surface area contributed by atoms with Crippen molar-refractivity contribution in [1.29, 1.82) is 0 Å². The molecule has 1 heterocycles. The van der Waals surface area contributed by atoms with Gasteiger partial charge in [-0.3, -0.25) is 9.48 Å². The molecule has 1 aromatic heterocycles. The van der Waals surface area contributed by atoms with Crippen molar-refractivity contribution in [3.8, 4) is 11.5 Å². The van der Waals surface area contributed by atoms with Crippen molar-refractivity contribution < 1.29 is 9.53 Å². The van der Waals surface area contributed by atoms with Crippen molar-refractivity contribution in [1.82, 2.24) is 9.78 Å². The van der Waals surface area contributed by atoms with Crippen molar-refractivity contribution >= 4 is 23.2 Å². The minimum atomic E-state index is -0.662. The van der Waals surface area contributed by atoms with Gasteiger partial charge in [-0.25, -0.2) is 0 Å². The Morgan fingerprint density at radius 1 is 1.45 bits per heavy atom. The van der Waals surface area contributed by atoms with Crippen LogP contribution in [0.25, 0.3) is 0 Å². The summed E-state index contributed by atoms with van der Waals surface area (Å²) in [7, 11) is 0. The maximum atomic E-state index is 11.4. The number of carbonyl (C=O) groups excluding carboxylic acids is 1. The lowest BCUT2D eigenvalue weighted by Gasteiger charge is -2.10. The van der Waals surface area contributed by atoms with Crippen LogP contribution in [0.15, 0.2) is 24.5 Å². The van der Waals surface area contributed by atoms with Crippen LogP contribution in [0.3, 0.4) is 0 Å². The summed E-state index contributed by atoms with van der Waals surface area (Å²) in [6, 6.07) is 3.12. The van der Waals surface area contributed by atoms with E-state index in [9.17, 15) is 4.79 Å². The van der Waals surface area contributed by atoms with Gasteiger partial charge in [-0.05, 0) is 26.0 Å². The van der Waals surface area contributed by atoms with Crippen LogP contribution in [-0.4, -0.2) is 15.7 Å². The summed E-state index contributed by atoms with van der Waals surface area (Å²) in [4.78, 5) is 11.4. The first-order chi connectivity index (χ1) is 9.38. The molecule has 20 heavy (non-hydrogen) atoms. The van der Waals surface area contributed by atoms with E-state index in [1.54, 1.807) is 10.9 Å². The summed E-state index contributed by atoms with van der Waals surface area (Å²) in [5, 5.41) is 4.36. The predicted octanol–water partition coefficient (Wildman–Crippen LogP) is 2.59. The number of nitrogen functional groups attached to an aromatic ring is 1. The molecule has 0 aliphatic carbocycles. The number of aromatic nitrogens is 2. The van der Waals surface area contributed by atoms with E-state index in [0.29, 0.717) is 11.4 Å². The number of primary amides is 1. The number of hydrogen-bond donors (Lipinski definition) is 2. The highest BCUT2D eigenvalue weighted by atomic mass is 35.5. The second-order valence-electron chi connectivity index (χ2n) is 4.60. The molecule has 6 nitrogen and oxygen atoms in total. The average Bonchev–Trinajstić information content (AvgIpc) is 2.80. The van der Waals surface area contributed by atoms with Crippen LogP contribution in [0.2, 0.25) is 5.02 Å². The predicted molar refractivity (Wildman–Crippen MR) is 77.1 cm³/mol. The van der Waals surface area contributed by atoms with E-state index in [2.05, 4.69) is 5.10 Å². The van der Waals surface area contributed by atoms with Crippen molar-refractivity contribution in [3.05, 3.63) is 35.1 Å². The van der Waals surface area contributed by atoms with Crippen LogP contribution in [-0.2, 0) is 0 Å². The lowest BCUT2D eigenvalue weighted by atomic mass is 10.1. The Balaban J connectivity index is 2.39. The van der Waals surface area contributed by atoms with Gasteiger partial charge in [0.1, 0.15) is 0 Å². The van der Waals surface area contributed by atoms with Crippen LogP contribution in [0.1, 0.15) is 30.2 Å². The molecule has 0 radical (unpaired) electrons. The van der Waals surface area contributed by atoms with Gasteiger partial charge in [0.15, 0.2) is 11.5 Å². The molecule has 0 unspecified atom stereocenters. The maximum absolute atomic E-state index is 11.4. The quantitative estimate of drug-likeness (QED) is 0.847. The molecule has 0 atom stereocenters. The second-order valence-corrected chi connectivity index (χ2v) is 5.00. The highest BCUT2D eigenvalue weighted by Crippen LogP contribution is 2.34. The molecule has 7 heteroatoms. The van der Waals surface area contributed by atoms with Crippen molar-refractivity contribution in [2.24, 2.45) is 5.73 Å². The molecular weight excluding hydrogens is 280 g/mol. The molecule has 0 saturated carbocycles. The Labute approximate surface area is 121 Å². The summed E-state index contributed by atoms with van der Waals surface area (Å²) in [5.41, 5.74) is 11.4. The molecule has 106 valence electrons. The molecule has 2 aromatic rings. The highest BCUT2D eigenvalue weighted by Gasteiger charge is 2.16. The topological polar surface area (TPSA) is 96.2 Å². The van der Waals surface area contributed by atoms with E-state index >= 15 is 0 Å². The average molecular weight is 295 g/mol. The van der Waals surface area contributed by atoms with E-state index in [1.165, 1.54) is 18.3 Å². The summed E-state index contributed by atoms with van der Waals surface area (Å²) < 4.78 is 7.34. The molecule has 4 N–H and O–H groups in total. The summed E-state index contributed by atoms with van der Waals surface area (Å²) >= 11 is 6.06. The fourth-order valence-electron chi connectivity index (χ4n) is 1.67. The first kappa shape index (κ1) is 14.2. The zero-order chi connectivity index (χ0) is 14.9. The molecule has 0 saturated heterocycles. The van der Waals surface area contributed by atoms with Crippen molar-refractivity contribution in [2.75, 3.05) is 5.73 Å². The van der Waals surface area contributed by atoms with E-state index in [-0.39, 0.29) is 22.4 Å². The molecular formula is C13H15ClN4O2. The fraction of sp³-hybridized carbons (Fsp3) is 0.231. The lowest BCUT2D eigenvalue weighted by molar-refractivity contribution is 0.0998. The van der Waals surface area contributed by atoms with Gasteiger partial charge in [-0.15, -0.1) is 0 Å². The minimum Gasteiger partial charge on any atom is -0.452 e. The number of nitrogens with zero attached hydrogens (tertiary/aromatic N) is 2. The van der Waals surface area contributed by atoms with Crippen molar-refractivity contribution in [3.63, 3.8) is 0 Å². The molecule has 0 bridgehead atoms. The first-order valence-electron chi connectivity index (χ1n) is 5.99. The van der Waals surface area contributed by atoms with Crippen LogP contribution in [0.5, 0.6) is 11.5 Å². The van der Waals surface area contributed by atoms with E-state index in [0.717, 1.165) is 0 Å². The molecule has 1 amide bonds. The highest BCUT2D eigenvalue weighted by molar-refractivity contribution is 6.33. The standard InChI is InChI=1S/C13H15ClN4O2/c1-7(2)18-6-9(5-17-18)20-12-10(13(16)19)3-8(15)4-11(12)14/h3-7H,15H2,1-2H3,(H2,16,19). The largest absolute Gasteiger partial charge is 0.452 e. The number of halogens is 1. The third-order valence-electron chi connectivity index (χ3n) is 2.66. The third-order valence-corrected chi connectivity index (χ3v) is 2.94. The number of hydrogen-bond acceptors (Lipinski definition) is 4. The smallest absolute Gasteiger partial charge is 0.252 e. The Hall–Kier alpha value is -2.21. The van der Waals surface area contributed by atoms with Gasteiger partial charge >= 0.3 is 0 Å². The molecule has 1 aromatic carbocycles. The van der Waals surface area contributed by atoms with Gasteiger partial charge in [-0.2, -0.15) is 5.10 Å².